The van der Waals surface area contributed by atoms with Crippen molar-refractivity contribution in [2.75, 3.05) is 18.7 Å². The lowest BCUT2D eigenvalue weighted by molar-refractivity contribution is -0.271. The number of aromatic nitrogens is 2. The number of ketones is 1. The Hall–Kier alpha value is -7.73. The summed E-state index contributed by atoms with van der Waals surface area (Å²) in [5, 5.41) is 44.2. The molecule has 7 heterocycles. The predicted octanol–water partition coefficient (Wildman–Crippen LogP) is 1.92. The lowest BCUT2D eigenvalue weighted by Crippen LogP contribution is -2.61. The maximum absolute atomic E-state index is 14.3. The van der Waals surface area contributed by atoms with Gasteiger partial charge in [0.1, 0.15) is 43.1 Å². The van der Waals surface area contributed by atoms with E-state index in [4.69, 9.17) is 38.1 Å². The number of benzene rings is 2. The largest absolute Gasteiger partial charge is 0.510 e. The van der Waals surface area contributed by atoms with Crippen molar-refractivity contribution >= 4 is 58.2 Å². The molecule has 0 radical (unpaired) electrons. The topological polar surface area (TPSA) is 315 Å². The number of rotatable bonds is 15. The molecule has 2 aromatic carbocycles. The molecule has 0 bridgehead atoms. The number of Topliss-reactive ketones (excluding diaryl/α,β-unsaturated/α-hetero) is 1. The number of amides is 3. The molecule has 1 saturated heterocycles. The fraction of sp³-hybridized carbons (Fsp3) is 0.396. The maximum Gasteiger partial charge on any atom is 0.510 e. The Morgan fingerprint density at radius 3 is 2.35 bits per heavy atom. The second-order valence-electron chi connectivity index (χ2n) is 17.7. The van der Waals surface area contributed by atoms with Crippen molar-refractivity contribution < 1.29 is 87.1 Å². The molecule has 10 rings (SSSR count). The second-order valence-corrected chi connectivity index (χ2v) is 17.7. The highest BCUT2D eigenvalue weighted by molar-refractivity contribution is 6.13. The molecule has 3 amide bonds. The summed E-state index contributed by atoms with van der Waals surface area (Å²) >= 11 is 0. The number of aliphatic carboxylic acids is 1. The molecule has 0 spiro atoms. The number of aliphatic hydroxyl groups is 3. The van der Waals surface area contributed by atoms with E-state index < -0.39 is 96.5 Å². The minimum Gasteiger partial charge on any atom is -0.479 e. The van der Waals surface area contributed by atoms with Crippen LogP contribution >= 0.6 is 0 Å². The second kappa shape index (κ2) is 18.2. The van der Waals surface area contributed by atoms with Gasteiger partial charge in [0.15, 0.2) is 17.6 Å². The first kappa shape index (κ1) is 47.0. The van der Waals surface area contributed by atoms with Gasteiger partial charge in [-0.1, -0.05) is 13.0 Å². The van der Waals surface area contributed by atoms with Crippen molar-refractivity contribution in [1.82, 2.24) is 14.5 Å². The molecule has 370 valence electrons. The Bertz CT molecular complexity index is 3050. The van der Waals surface area contributed by atoms with E-state index in [1.807, 2.05) is 6.07 Å². The molecule has 5 aliphatic heterocycles. The number of carbonyl (C=O) groups is 7. The molecule has 23 nitrogen and oxygen atoms in total. The van der Waals surface area contributed by atoms with E-state index in [1.165, 1.54) is 18.2 Å². The van der Waals surface area contributed by atoms with Gasteiger partial charge in [0, 0.05) is 60.5 Å². The molecule has 1 saturated carbocycles. The summed E-state index contributed by atoms with van der Waals surface area (Å²) in [5.41, 5.74) is 1.10. The zero-order valence-corrected chi connectivity index (χ0v) is 37.6. The summed E-state index contributed by atoms with van der Waals surface area (Å²) in [6, 6.07) is 9.16. The average Bonchev–Trinajstić information content (AvgIpc) is 3.84. The fourth-order valence-corrected chi connectivity index (χ4v) is 9.43. The van der Waals surface area contributed by atoms with Crippen LogP contribution in [0.15, 0.2) is 53.3 Å². The van der Waals surface area contributed by atoms with Crippen molar-refractivity contribution in [2.24, 2.45) is 0 Å². The van der Waals surface area contributed by atoms with Crippen LogP contribution in [-0.4, -0.2) is 121 Å². The molecule has 2 fully saturated rings. The first-order chi connectivity index (χ1) is 34.0. The molecule has 6 atom stereocenters. The minimum atomic E-state index is -2.14. The van der Waals surface area contributed by atoms with Gasteiger partial charge in [-0.2, -0.15) is 0 Å². The number of ether oxygens (including phenoxy) is 7. The van der Waals surface area contributed by atoms with Crippen molar-refractivity contribution in [3.05, 3.63) is 86.7 Å². The fourth-order valence-electron chi connectivity index (χ4n) is 9.43. The summed E-state index contributed by atoms with van der Waals surface area (Å²) in [6.45, 7) is 0.715. The van der Waals surface area contributed by atoms with Crippen LogP contribution in [0.25, 0.3) is 22.3 Å². The number of carboxylic acids is 1. The maximum atomic E-state index is 14.3. The number of imide groups is 1. The van der Waals surface area contributed by atoms with Gasteiger partial charge in [0.2, 0.25) is 24.6 Å². The Kier molecular flexibility index (Phi) is 12.1. The summed E-state index contributed by atoms with van der Waals surface area (Å²) in [7, 11) is 0. The third-order valence-corrected chi connectivity index (χ3v) is 13.3. The molecular formula is C48H44N4O19. The van der Waals surface area contributed by atoms with E-state index in [0.717, 1.165) is 46.4 Å². The van der Waals surface area contributed by atoms with E-state index in [1.54, 1.807) is 23.6 Å². The number of anilines is 1. The molecule has 1 aliphatic carbocycles. The molecule has 23 heteroatoms. The van der Waals surface area contributed by atoms with Crippen LogP contribution in [0.5, 0.6) is 17.2 Å². The number of pyridine rings is 2. The first-order valence-corrected chi connectivity index (χ1v) is 22.7. The zero-order valence-electron chi connectivity index (χ0n) is 37.6. The number of hydrogen-bond donors (Lipinski definition) is 5. The van der Waals surface area contributed by atoms with Crippen molar-refractivity contribution in [3.63, 3.8) is 0 Å². The molecule has 2 aromatic heterocycles. The minimum absolute atomic E-state index is 0.0768. The number of esters is 1. The number of aliphatic hydroxyl groups excluding tert-OH is 3. The number of nitrogens with one attached hydrogen (secondary N) is 1. The number of nitrogens with zero attached hydrogens (tertiary/aromatic N) is 3. The van der Waals surface area contributed by atoms with E-state index in [-0.39, 0.29) is 79.8 Å². The number of carboxylic acid groups (broad SMARTS) is 1. The van der Waals surface area contributed by atoms with Gasteiger partial charge in [-0.25, -0.2) is 19.4 Å². The molecular weight excluding hydrogens is 937 g/mol. The van der Waals surface area contributed by atoms with Crippen LogP contribution in [0, 0.1) is 0 Å². The van der Waals surface area contributed by atoms with Gasteiger partial charge in [0.05, 0.1) is 34.7 Å². The van der Waals surface area contributed by atoms with Gasteiger partial charge in [0.25, 0.3) is 17.4 Å². The van der Waals surface area contributed by atoms with Crippen molar-refractivity contribution in [2.45, 2.75) is 107 Å². The van der Waals surface area contributed by atoms with Crippen LogP contribution in [0.2, 0.25) is 0 Å². The Balaban J connectivity index is 0.887. The summed E-state index contributed by atoms with van der Waals surface area (Å²) < 4.78 is 40.7. The van der Waals surface area contributed by atoms with Gasteiger partial charge in [-0.05, 0) is 60.6 Å². The number of hydrogen-bond acceptors (Lipinski definition) is 19. The monoisotopic (exact) mass is 980 g/mol. The highest BCUT2D eigenvalue weighted by Gasteiger charge is 2.52. The number of cyclic esters (lactones) is 1. The van der Waals surface area contributed by atoms with Crippen LogP contribution in [0.4, 0.5) is 10.5 Å². The predicted molar refractivity (Wildman–Crippen MR) is 236 cm³/mol. The third kappa shape index (κ3) is 8.49. The van der Waals surface area contributed by atoms with Gasteiger partial charge < -0.3 is 63.5 Å². The van der Waals surface area contributed by atoms with Gasteiger partial charge in [-0.3, -0.25) is 28.9 Å². The van der Waals surface area contributed by atoms with Gasteiger partial charge in [-0.15, -0.1) is 0 Å². The van der Waals surface area contributed by atoms with E-state index in [2.05, 4.69) is 5.32 Å². The Labute approximate surface area is 400 Å². The lowest BCUT2D eigenvalue weighted by atomic mass is 9.85. The standard InChI is InChI=1S/C48H44N4O19/c1-2-48(27-15-30-38-25(17-52(30)43(60)26(27)19-65-46(48)63)37(22-4-5-22)24-14-32-33(68-20-67-32)16-28(24)50-38)71-47(64)66-18-21-3-7-31(69-45-41(59)39(57)40(58)42(70-45)44(61)62)29(13-21)49-34(54)8-6-23(53)11-12-51-35(55)9-10-36(51)56/h3,7,9-10,13-16,22,39-42,45,57-59H,2,4-6,8,11-12,17-20H2,1H3,(H,49,54)(H,61,62)/t39-,40-,41?,42?,45+,48-/m0/s1. The Morgan fingerprint density at radius 2 is 1.63 bits per heavy atom. The van der Waals surface area contributed by atoms with Crippen molar-refractivity contribution in [3.8, 4) is 28.6 Å². The molecule has 4 aromatic rings. The zero-order chi connectivity index (χ0) is 50.0. The van der Waals surface area contributed by atoms with Crippen molar-refractivity contribution in [1.29, 1.82) is 0 Å². The van der Waals surface area contributed by atoms with Crippen LogP contribution in [0.3, 0.4) is 0 Å². The van der Waals surface area contributed by atoms with E-state index in [9.17, 15) is 58.8 Å². The number of carbonyl (C=O) groups excluding carboxylic acids is 6. The number of fused-ring (bicyclic) bond motifs is 6. The van der Waals surface area contributed by atoms with E-state index in [0.29, 0.717) is 28.4 Å². The summed E-state index contributed by atoms with van der Waals surface area (Å²) in [4.78, 5) is 109. The molecule has 2 unspecified atom stereocenters. The third-order valence-electron chi connectivity index (χ3n) is 13.3. The average molecular weight is 981 g/mol. The smallest absolute Gasteiger partial charge is 0.479 e. The first-order valence-electron chi connectivity index (χ1n) is 22.7. The lowest BCUT2D eigenvalue weighted by Gasteiger charge is -2.38. The SMILES string of the molecule is CC[C@@]1(OC(=O)OCc2ccc(O[C@@H]3OC(C(=O)O)[C@@H](O)[C@H](O)C3O)c(NC(=O)CCC(=O)CCN3C(=O)C=CC3=O)c2)C(=O)OCc2c1cc1n(c2=O)Cc2c-1nc1cc3c(cc1c2C1CC1)OCO3. The molecule has 5 N–H and O–H groups in total. The summed E-state index contributed by atoms with van der Waals surface area (Å²) in [5.74, 6) is -3.86. The van der Waals surface area contributed by atoms with Crippen LogP contribution in [-0.2, 0) is 73.1 Å². The Morgan fingerprint density at radius 1 is 0.887 bits per heavy atom. The quantitative estimate of drug-likeness (QED) is 0.0739. The van der Waals surface area contributed by atoms with Gasteiger partial charge >= 0.3 is 18.1 Å². The molecule has 71 heavy (non-hydrogen) atoms. The summed E-state index contributed by atoms with van der Waals surface area (Å²) in [6.07, 6.45) is -8.39. The van der Waals surface area contributed by atoms with Crippen LogP contribution in [0.1, 0.15) is 79.2 Å². The molecule has 6 aliphatic rings. The highest BCUT2D eigenvalue weighted by atomic mass is 16.7. The van der Waals surface area contributed by atoms with E-state index >= 15 is 0 Å². The highest BCUT2D eigenvalue weighted by Crippen LogP contribution is 2.51. The van der Waals surface area contributed by atoms with Crippen LogP contribution < -0.4 is 25.1 Å². The normalized spacial score (nSPS) is 23.7.